The number of fused-ring (bicyclic) bond motifs is 7. The predicted octanol–water partition coefficient (Wildman–Crippen LogP) is 10.7. The maximum absolute atomic E-state index is 7.02. The molecule has 0 saturated heterocycles. The van der Waals surface area contributed by atoms with E-state index in [-0.39, 0.29) is 5.41 Å². The number of pyridine rings is 1. The van der Waals surface area contributed by atoms with E-state index in [9.17, 15) is 0 Å². The minimum atomic E-state index is -0.538. The average Bonchev–Trinajstić information content (AvgIpc) is 3.33. The zero-order chi connectivity index (χ0) is 30.2. The molecule has 0 fully saturated rings. The van der Waals surface area contributed by atoms with Gasteiger partial charge in [0, 0.05) is 33.1 Å². The van der Waals surface area contributed by atoms with Gasteiger partial charge >= 0.3 is 0 Å². The van der Waals surface area contributed by atoms with Gasteiger partial charge in [-0.3, -0.25) is 0 Å². The van der Waals surface area contributed by atoms with Gasteiger partial charge in [-0.05, 0) is 52.1 Å². The second-order valence-electron chi connectivity index (χ2n) is 12.7. The molecule has 2 heteroatoms. The highest BCUT2D eigenvalue weighted by Crippen LogP contribution is 2.61. The molecule has 1 aromatic heterocycles. The van der Waals surface area contributed by atoms with Crippen LogP contribution in [0.3, 0.4) is 0 Å². The van der Waals surface area contributed by atoms with Crippen molar-refractivity contribution in [3.05, 3.63) is 185 Å². The van der Waals surface area contributed by atoms with Gasteiger partial charge in [-0.15, -0.1) is 0 Å². The fourth-order valence-corrected chi connectivity index (χ4v) is 7.87. The molecule has 2 aliphatic rings. The van der Waals surface area contributed by atoms with Crippen molar-refractivity contribution in [2.24, 2.45) is 0 Å². The fourth-order valence-electron chi connectivity index (χ4n) is 7.87. The molecule has 45 heavy (non-hydrogen) atoms. The van der Waals surface area contributed by atoms with Gasteiger partial charge in [-0.1, -0.05) is 141 Å². The number of benzene rings is 6. The molecular formula is C43H31NO. The zero-order valence-electron chi connectivity index (χ0n) is 25.3. The molecule has 9 rings (SSSR count). The Kier molecular flexibility index (Phi) is 5.49. The van der Waals surface area contributed by atoms with Crippen LogP contribution >= 0.6 is 0 Å². The zero-order valence-corrected chi connectivity index (χ0v) is 25.3. The van der Waals surface area contributed by atoms with Crippen LogP contribution in [0.15, 0.2) is 152 Å². The fraction of sp³-hybridized carbons (Fsp3) is 0.0930. The molecule has 0 saturated carbocycles. The normalized spacial score (nSPS) is 15.0. The summed E-state index contributed by atoms with van der Waals surface area (Å²) in [6, 6.07) is 54.5. The van der Waals surface area contributed by atoms with Crippen molar-refractivity contribution in [1.82, 2.24) is 4.98 Å². The van der Waals surface area contributed by atoms with E-state index in [2.05, 4.69) is 159 Å². The van der Waals surface area contributed by atoms with Crippen LogP contribution in [0.2, 0.25) is 0 Å². The molecule has 7 aromatic rings. The minimum Gasteiger partial charge on any atom is -0.456 e. The summed E-state index contributed by atoms with van der Waals surface area (Å²) in [5.41, 5.74) is 12.2. The smallest absolute Gasteiger partial charge is 0.140 e. The van der Waals surface area contributed by atoms with Crippen LogP contribution in [0.5, 0.6) is 11.5 Å². The van der Waals surface area contributed by atoms with Crippen molar-refractivity contribution in [1.29, 1.82) is 0 Å². The Labute approximate surface area is 263 Å². The molecule has 0 amide bonds. The molecule has 1 aliphatic carbocycles. The average molecular weight is 578 g/mol. The summed E-state index contributed by atoms with van der Waals surface area (Å²) in [7, 11) is 0. The molecule has 2 heterocycles. The van der Waals surface area contributed by atoms with Crippen molar-refractivity contribution >= 4 is 10.9 Å². The SMILES string of the molecule is CC1(C)c2cc(-c3ccc4ccccc4n3)ccc2-c2c1ccc1c2Oc2ccccc2C1(c1ccccc1)c1ccccc1. The van der Waals surface area contributed by atoms with E-state index in [4.69, 9.17) is 9.72 Å². The summed E-state index contributed by atoms with van der Waals surface area (Å²) in [5, 5.41) is 1.15. The van der Waals surface area contributed by atoms with E-state index in [1.807, 2.05) is 6.07 Å². The van der Waals surface area contributed by atoms with E-state index in [0.717, 1.165) is 39.2 Å². The summed E-state index contributed by atoms with van der Waals surface area (Å²) in [6.45, 7) is 4.67. The van der Waals surface area contributed by atoms with Crippen LogP contribution in [-0.2, 0) is 10.8 Å². The first-order valence-electron chi connectivity index (χ1n) is 15.6. The third-order valence-corrected chi connectivity index (χ3v) is 10.0. The Morgan fingerprint density at radius 1 is 0.533 bits per heavy atom. The molecule has 0 spiro atoms. The molecular weight excluding hydrogens is 546 g/mol. The Bertz CT molecular complexity index is 2230. The highest BCUT2D eigenvalue weighted by Gasteiger charge is 2.48. The monoisotopic (exact) mass is 577 g/mol. The largest absolute Gasteiger partial charge is 0.456 e. The van der Waals surface area contributed by atoms with Gasteiger partial charge in [0.05, 0.1) is 16.6 Å². The van der Waals surface area contributed by atoms with E-state index in [1.54, 1.807) is 0 Å². The topological polar surface area (TPSA) is 22.1 Å². The van der Waals surface area contributed by atoms with E-state index >= 15 is 0 Å². The molecule has 0 radical (unpaired) electrons. The maximum Gasteiger partial charge on any atom is 0.140 e. The standard InChI is InChI=1S/C43H31NO/c1-42(2)34-24-25-35-41(40(34)32-23-21-29(27-36(32)42)38-26-22-28-13-9-11-19-37(28)44-38)45-39-20-12-10-18-33(39)43(35,30-14-5-3-6-15-30)31-16-7-4-8-17-31/h3-27H,1-2H3. The Morgan fingerprint density at radius 3 is 1.98 bits per heavy atom. The second-order valence-corrected chi connectivity index (χ2v) is 12.7. The van der Waals surface area contributed by atoms with Gasteiger partial charge in [-0.25, -0.2) is 4.98 Å². The van der Waals surface area contributed by atoms with Crippen molar-refractivity contribution in [2.75, 3.05) is 0 Å². The van der Waals surface area contributed by atoms with E-state index in [0.29, 0.717) is 0 Å². The highest BCUT2D eigenvalue weighted by molar-refractivity contribution is 5.91. The van der Waals surface area contributed by atoms with E-state index in [1.165, 1.54) is 38.9 Å². The Morgan fingerprint density at radius 2 is 1.20 bits per heavy atom. The van der Waals surface area contributed by atoms with Gasteiger partial charge < -0.3 is 4.74 Å². The van der Waals surface area contributed by atoms with Crippen LogP contribution in [-0.4, -0.2) is 4.98 Å². The summed E-state index contributed by atoms with van der Waals surface area (Å²) in [5.74, 6) is 1.84. The van der Waals surface area contributed by atoms with Crippen LogP contribution in [0.25, 0.3) is 33.3 Å². The minimum absolute atomic E-state index is 0.213. The number of nitrogens with zero attached hydrogens (tertiary/aromatic N) is 1. The summed E-state index contributed by atoms with van der Waals surface area (Å²) in [4.78, 5) is 5.02. The quantitative estimate of drug-likeness (QED) is 0.208. The van der Waals surface area contributed by atoms with Crippen LogP contribution in [0.4, 0.5) is 0 Å². The van der Waals surface area contributed by atoms with Gasteiger partial charge in [0.25, 0.3) is 0 Å². The van der Waals surface area contributed by atoms with Crippen molar-refractivity contribution in [3.63, 3.8) is 0 Å². The van der Waals surface area contributed by atoms with Crippen LogP contribution in [0.1, 0.15) is 47.2 Å². The number of hydrogen-bond acceptors (Lipinski definition) is 2. The summed E-state index contributed by atoms with van der Waals surface area (Å²) < 4.78 is 7.02. The molecule has 1 aliphatic heterocycles. The number of ether oxygens (including phenoxy) is 1. The van der Waals surface area contributed by atoms with E-state index < -0.39 is 5.41 Å². The third-order valence-electron chi connectivity index (χ3n) is 10.0. The Balaban J connectivity index is 1.31. The summed E-state index contributed by atoms with van der Waals surface area (Å²) in [6.07, 6.45) is 0. The van der Waals surface area contributed by atoms with Crippen LogP contribution < -0.4 is 4.74 Å². The lowest BCUT2D eigenvalue weighted by atomic mass is 9.63. The maximum atomic E-state index is 7.02. The van der Waals surface area contributed by atoms with Gasteiger partial charge in [-0.2, -0.15) is 0 Å². The lowest BCUT2D eigenvalue weighted by Crippen LogP contribution is -2.34. The van der Waals surface area contributed by atoms with Crippen molar-refractivity contribution in [3.8, 4) is 33.9 Å². The predicted molar refractivity (Wildman–Crippen MR) is 183 cm³/mol. The Hall–Kier alpha value is -5.47. The summed E-state index contributed by atoms with van der Waals surface area (Å²) >= 11 is 0. The first kappa shape index (κ1) is 26.0. The molecule has 0 N–H and O–H groups in total. The first-order chi connectivity index (χ1) is 22.1. The molecule has 214 valence electrons. The van der Waals surface area contributed by atoms with Crippen molar-refractivity contribution in [2.45, 2.75) is 24.7 Å². The van der Waals surface area contributed by atoms with Crippen LogP contribution in [0, 0.1) is 0 Å². The lowest BCUT2D eigenvalue weighted by Gasteiger charge is -2.42. The molecule has 6 aromatic carbocycles. The number of rotatable bonds is 3. The molecule has 2 nitrogen and oxygen atoms in total. The third kappa shape index (κ3) is 3.60. The second kappa shape index (κ2) is 9.51. The molecule has 0 atom stereocenters. The molecule has 0 bridgehead atoms. The van der Waals surface area contributed by atoms with Crippen molar-refractivity contribution < 1.29 is 4.74 Å². The highest BCUT2D eigenvalue weighted by atomic mass is 16.5. The molecule has 0 unspecified atom stereocenters. The number of aromatic nitrogens is 1. The number of para-hydroxylation sites is 2. The van der Waals surface area contributed by atoms with Gasteiger partial charge in [0.2, 0.25) is 0 Å². The van der Waals surface area contributed by atoms with Gasteiger partial charge in [0.15, 0.2) is 0 Å². The first-order valence-corrected chi connectivity index (χ1v) is 15.6. The number of hydrogen-bond donors (Lipinski definition) is 0. The van der Waals surface area contributed by atoms with Gasteiger partial charge in [0.1, 0.15) is 11.5 Å². The lowest BCUT2D eigenvalue weighted by molar-refractivity contribution is 0.435.